The van der Waals surface area contributed by atoms with Crippen LogP contribution in [0.3, 0.4) is 0 Å². The number of terminal acetylenes is 1. The summed E-state index contributed by atoms with van der Waals surface area (Å²) in [6.45, 7) is -0.323. The number of carbonyl (C=O) groups is 1. The summed E-state index contributed by atoms with van der Waals surface area (Å²) in [5, 5.41) is 8.75. The van der Waals surface area contributed by atoms with Crippen LogP contribution in [0.15, 0.2) is 21.5 Å². The number of rotatable bonds is 4. The predicted octanol–water partition coefficient (Wildman–Crippen LogP) is 1.20. The molecule has 0 radical (unpaired) electrons. The SMILES string of the molecule is C#CCNS(=O)(=O)c1cc(Br)cc(C(=O)O)c1F. The number of hydrogen-bond donors (Lipinski definition) is 2. The van der Waals surface area contributed by atoms with Crippen molar-refractivity contribution in [1.29, 1.82) is 0 Å². The maximum atomic E-state index is 13.8. The third-order valence-corrected chi connectivity index (χ3v) is 3.75. The van der Waals surface area contributed by atoms with Crippen molar-refractivity contribution in [1.82, 2.24) is 4.72 Å². The van der Waals surface area contributed by atoms with Crippen LogP contribution in [0.5, 0.6) is 0 Å². The van der Waals surface area contributed by atoms with E-state index in [4.69, 9.17) is 11.5 Å². The summed E-state index contributed by atoms with van der Waals surface area (Å²) >= 11 is 2.91. The Kier molecular flexibility index (Phi) is 4.45. The highest BCUT2D eigenvalue weighted by Gasteiger charge is 2.24. The fraction of sp³-hybridized carbons (Fsp3) is 0.100. The van der Waals surface area contributed by atoms with Gasteiger partial charge in [-0.25, -0.2) is 17.6 Å². The number of hydrogen-bond acceptors (Lipinski definition) is 3. The highest BCUT2D eigenvalue weighted by molar-refractivity contribution is 9.10. The second-order valence-corrected chi connectivity index (χ2v) is 5.75. The molecule has 1 rings (SSSR count). The molecule has 1 aromatic carbocycles. The molecule has 8 heteroatoms. The quantitative estimate of drug-likeness (QED) is 0.810. The van der Waals surface area contributed by atoms with Crippen molar-refractivity contribution in [2.24, 2.45) is 0 Å². The minimum atomic E-state index is -4.19. The molecular formula is C10H7BrFNO4S. The van der Waals surface area contributed by atoms with Gasteiger partial charge in [-0.2, -0.15) is 4.72 Å². The molecule has 0 unspecified atom stereocenters. The normalized spacial score (nSPS) is 10.9. The van der Waals surface area contributed by atoms with Gasteiger partial charge in [0.05, 0.1) is 12.1 Å². The van der Waals surface area contributed by atoms with Gasteiger partial charge in [-0.1, -0.05) is 21.9 Å². The molecule has 0 heterocycles. The second-order valence-electron chi connectivity index (χ2n) is 3.10. The lowest BCUT2D eigenvalue weighted by Gasteiger charge is -2.08. The van der Waals surface area contributed by atoms with Crippen molar-refractivity contribution in [2.75, 3.05) is 6.54 Å². The third-order valence-electron chi connectivity index (χ3n) is 1.89. The number of halogens is 2. The molecule has 18 heavy (non-hydrogen) atoms. The Morgan fingerprint density at radius 1 is 1.56 bits per heavy atom. The van der Waals surface area contributed by atoms with Crippen LogP contribution in [0.25, 0.3) is 0 Å². The summed E-state index contributed by atoms with van der Waals surface area (Å²) < 4.78 is 39.2. The number of carboxylic acids is 1. The first kappa shape index (κ1) is 14.6. The molecule has 0 fully saturated rings. The Labute approximate surface area is 111 Å². The van der Waals surface area contributed by atoms with E-state index >= 15 is 0 Å². The van der Waals surface area contributed by atoms with Crippen molar-refractivity contribution in [3.05, 3.63) is 28.0 Å². The van der Waals surface area contributed by atoms with Gasteiger partial charge in [0.15, 0.2) is 5.82 Å². The van der Waals surface area contributed by atoms with Crippen molar-refractivity contribution < 1.29 is 22.7 Å². The van der Waals surface area contributed by atoms with Gasteiger partial charge in [-0.3, -0.25) is 0 Å². The zero-order chi connectivity index (χ0) is 13.9. The van der Waals surface area contributed by atoms with Gasteiger partial charge in [0.25, 0.3) is 0 Å². The second kappa shape index (κ2) is 5.48. The van der Waals surface area contributed by atoms with Gasteiger partial charge in [-0.15, -0.1) is 6.42 Å². The van der Waals surface area contributed by atoms with E-state index in [1.165, 1.54) is 0 Å². The van der Waals surface area contributed by atoms with Crippen molar-refractivity contribution in [3.63, 3.8) is 0 Å². The van der Waals surface area contributed by atoms with E-state index in [9.17, 15) is 17.6 Å². The Bertz CT molecular complexity index is 636. The first-order chi connectivity index (χ1) is 8.29. The molecule has 0 spiro atoms. The van der Waals surface area contributed by atoms with Gasteiger partial charge in [0.1, 0.15) is 4.90 Å². The van der Waals surface area contributed by atoms with Crippen LogP contribution in [-0.4, -0.2) is 26.0 Å². The van der Waals surface area contributed by atoms with E-state index in [1.807, 2.05) is 10.6 Å². The van der Waals surface area contributed by atoms with Gasteiger partial charge in [0, 0.05) is 4.47 Å². The minimum absolute atomic E-state index is 0.127. The Hall–Kier alpha value is -1.43. The zero-order valence-corrected chi connectivity index (χ0v) is 11.2. The monoisotopic (exact) mass is 335 g/mol. The fourth-order valence-corrected chi connectivity index (χ4v) is 2.80. The summed E-state index contributed by atoms with van der Waals surface area (Å²) in [4.78, 5) is 9.99. The van der Waals surface area contributed by atoms with E-state index in [2.05, 4.69) is 15.9 Å². The van der Waals surface area contributed by atoms with Gasteiger partial charge < -0.3 is 5.11 Å². The van der Waals surface area contributed by atoms with Crippen LogP contribution >= 0.6 is 15.9 Å². The molecule has 0 saturated heterocycles. The topological polar surface area (TPSA) is 83.5 Å². The van der Waals surface area contributed by atoms with E-state index in [-0.39, 0.29) is 11.0 Å². The van der Waals surface area contributed by atoms with E-state index in [0.29, 0.717) is 0 Å². The average molecular weight is 336 g/mol. The molecular weight excluding hydrogens is 329 g/mol. The van der Waals surface area contributed by atoms with Crippen LogP contribution in [0.1, 0.15) is 10.4 Å². The lowest BCUT2D eigenvalue weighted by atomic mass is 10.2. The van der Waals surface area contributed by atoms with E-state index < -0.39 is 32.3 Å². The zero-order valence-electron chi connectivity index (χ0n) is 8.78. The van der Waals surface area contributed by atoms with E-state index in [0.717, 1.165) is 12.1 Å². The lowest BCUT2D eigenvalue weighted by Crippen LogP contribution is -2.25. The molecule has 5 nitrogen and oxygen atoms in total. The number of benzene rings is 1. The van der Waals surface area contributed by atoms with Crippen LogP contribution in [0.4, 0.5) is 4.39 Å². The average Bonchev–Trinajstić information content (AvgIpc) is 2.28. The van der Waals surface area contributed by atoms with Gasteiger partial charge in [-0.05, 0) is 12.1 Å². The van der Waals surface area contributed by atoms with Crippen molar-refractivity contribution in [2.45, 2.75) is 4.90 Å². The largest absolute Gasteiger partial charge is 0.478 e. The molecule has 1 aromatic rings. The lowest BCUT2D eigenvalue weighted by molar-refractivity contribution is 0.0691. The van der Waals surface area contributed by atoms with Gasteiger partial charge >= 0.3 is 5.97 Å². The summed E-state index contributed by atoms with van der Waals surface area (Å²) in [6.07, 6.45) is 4.89. The molecule has 0 bridgehead atoms. The maximum Gasteiger partial charge on any atom is 0.338 e. The number of aromatic carboxylic acids is 1. The molecule has 2 N–H and O–H groups in total. The number of nitrogens with one attached hydrogen (secondary N) is 1. The molecule has 0 aliphatic carbocycles. The Morgan fingerprint density at radius 2 is 2.17 bits per heavy atom. The predicted molar refractivity (Wildman–Crippen MR) is 65.1 cm³/mol. The number of carboxylic acid groups (broad SMARTS) is 1. The molecule has 0 saturated carbocycles. The molecule has 0 aromatic heterocycles. The Balaban J connectivity index is 3.43. The van der Waals surface area contributed by atoms with Crippen LogP contribution < -0.4 is 4.72 Å². The molecule has 96 valence electrons. The molecule has 0 atom stereocenters. The van der Waals surface area contributed by atoms with E-state index in [1.54, 1.807) is 0 Å². The van der Waals surface area contributed by atoms with Gasteiger partial charge in [0.2, 0.25) is 10.0 Å². The van der Waals surface area contributed by atoms with Crippen LogP contribution in [-0.2, 0) is 10.0 Å². The first-order valence-corrected chi connectivity index (χ1v) is 6.72. The molecule has 0 aliphatic heterocycles. The third kappa shape index (κ3) is 3.07. The number of sulfonamides is 1. The highest BCUT2D eigenvalue weighted by Crippen LogP contribution is 2.24. The van der Waals surface area contributed by atoms with Crippen molar-refractivity contribution in [3.8, 4) is 12.3 Å². The maximum absolute atomic E-state index is 13.8. The Morgan fingerprint density at radius 3 is 2.67 bits per heavy atom. The van der Waals surface area contributed by atoms with Crippen LogP contribution in [0, 0.1) is 18.2 Å². The van der Waals surface area contributed by atoms with Crippen molar-refractivity contribution >= 4 is 31.9 Å². The molecule has 0 amide bonds. The standard InChI is InChI=1S/C10H7BrFNO4S/c1-2-3-13-18(16,17)8-5-6(11)4-7(9(8)12)10(14)15/h1,4-5,13H,3H2,(H,14,15). The summed E-state index contributed by atoms with van der Waals surface area (Å²) in [5.41, 5.74) is -0.745. The summed E-state index contributed by atoms with van der Waals surface area (Å²) in [7, 11) is -4.19. The summed E-state index contributed by atoms with van der Waals surface area (Å²) in [6, 6.07) is 1.93. The smallest absolute Gasteiger partial charge is 0.338 e. The van der Waals surface area contributed by atoms with Crippen LogP contribution in [0.2, 0.25) is 0 Å². The fourth-order valence-electron chi connectivity index (χ4n) is 1.13. The summed E-state index contributed by atoms with van der Waals surface area (Å²) in [5.74, 6) is -0.881. The minimum Gasteiger partial charge on any atom is -0.478 e. The molecule has 0 aliphatic rings. The highest BCUT2D eigenvalue weighted by atomic mass is 79.9. The first-order valence-electron chi connectivity index (χ1n) is 4.45.